The summed E-state index contributed by atoms with van der Waals surface area (Å²) >= 11 is 0. The van der Waals surface area contributed by atoms with E-state index in [-0.39, 0.29) is 17.2 Å². The van der Waals surface area contributed by atoms with Crippen molar-refractivity contribution in [1.82, 2.24) is 0 Å². The number of carbonyl (C=O) groups excluding carboxylic acids is 1. The first-order valence-corrected chi connectivity index (χ1v) is 6.72. The Balaban J connectivity index is 2.41. The number of para-hydroxylation sites is 1. The number of hydrogen-bond acceptors (Lipinski definition) is 3. The molecular weight excluding hydrogens is 269 g/mol. The second-order valence-electron chi connectivity index (χ2n) is 4.69. The van der Waals surface area contributed by atoms with Crippen molar-refractivity contribution in [3.05, 3.63) is 59.4 Å². The Bertz CT molecular complexity index is 640. The van der Waals surface area contributed by atoms with Crippen LogP contribution < -0.4 is 16.2 Å². The van der Waals surface area contributed by atoms with Crippen molar-refractivity contribution in [3.8, 4) is 0 Å². The van der Waals surface area contributed by atoms with E-state index in [1.54, 1.807) is 11.0 Å². The molecule has 110 valence electrons. The first-order chi connectivity index (χ1) is 10.1. The molecule has 0 saturated carbocycles. The second-order valence-corrected chi connectivity index (χ2v) is 4.69. The minimum absolute atomic E-state index is 0.00746. The van der Waals surface area contributed by atoms with E-state index in [1.165, 1.54) is 12.1 Å². The third-order valence-corrected chi connectivity index (χ3v) is 3.30. The number of aryl methyl sites for hydroxylation is 1. The van der Waals surface area contributed by atoms with Crippen molar-refractivity contribution in [2.75, 3.05) is 16.9 Å². The standard InChI is InChI=1S/C16H18FN3O/c1-3-20(12-9-7-11(2)8-10-12)16(21)13-5-4-6-14(17)15(13)19-18/h4-10,19H,3,18H2,1-2H3. The van der Waals surface area contributed by atoms with Gasteiger partial charge in [0.1, 0.15) is 5.82 Å². The van der Waals surface area contributed by atoms with Gasteiger partial charge in [-0.15, -0.1) is 0 Å². The third kappa shape index (κ3) is 3.03. The number of hydrogen-bond donors (Lipinski definition) is 2. The van der Waals surface area contributed by atoms with Gasteiger partial charge in [0.15, 0.2) is 0 Å². The van der Waals surface area contributed by atoms with E-state index in [0.717, 1.165) is 11.3 Å². The number of nitrogen functional groups attached to an aromatic ring is 1. The molecule has 2 rings (SSSR count). The van der Waals surface area contributed by atoms with Crippen LogP contribution in [0.1, 0.15) is 22.8 Å². The number of benzene rings is 2. The quantitative estimate of drug-likeness (QED) is 0.671. The number of rotatable bonds is 4. The van der Waals surface area contributed by atoms with Gasteiger partial charge >= 0.3 is 0 Å². The van der Waals surface area contributed by atoms with Gasteiger partial charge in [0.05, 0.1) is 11.3 Å². The number of halogens is 1. The van der Waals surface area contributed by atoms with E-state index < -0.39 is 5.82 Å². The molecule has 4 nitrogen and oxygen atoms in total. The van der Waals surface area contributed by atoms with Crippen LogP contribution in [-0.2, 0) is 0 Å². The number of hydrazine groups is 1. The van der Waals surface area contributed by atoms with Crippen molar-refractivity contribution >= 4 is 17.3 Å². The molecule has 0 aliphatic carbocycles. The van der Waals surface area contributed by atoms with E-state index in [2.05, 4.69) is 5.43 Å². The van der Waals surface area contributed by atoms with Crippen LogP contribution in [-0.4, -0.2) is 12.5 Å². The predicted molar refractivity (Wildman–Crippen MR) is 82.7 cm³/mol. The highest BCUT2D eigenvalue weighted by Gasteiger charge is 2.20. The topological polar surface area (TPSA) is 58.4 Å². The van der Waals surface area contributed by atoms with Gasteiger partial charge < -0.3 is 10.3 Å². The average molecular weight is 287 g/mol. The van der Waals surface area contributed by atoms with Crippen molar-refractivity contribution in [2.45, 2.75) is 13.8 Å². The molecule has 5 heteroatoms. The van der Waals surface area contributed by atoms with Crippen LogP contribution >= 0.6 is 0 Å². The van der Waals surface area contributed by atoms with Crippen molar-refractivity contribution in [2.24, 2.45) is 5.84 Å². The molecule has 2 aromatic rings. The summed E-state index contributed by atoms with van der Waals surface area (Å²) in [4.78, 5) is 14.2. The largest absolute Gasteiger partial charge is 0.321 e. The van der Waals surface area contributed by atoms with E-state index in [4.69, 9.17) is 5.84 Å². The Labute approximate surface area is 123 Å². The van der Waals surface area contributed by atoms with Crippen molar-refractivity contribution < 1.29 is 9.18 Å². The summed E-state index contributed by atoms with van der Waals surface area (Å²) in [6.07, 6.45) is 0. The lowest BCUT2D eigenvalue weighted by Crippen LogP contribution is -2.31. The molecular formula is C16H18FN3O. The van der Waals surface area contributed by atoms with Crippen LogP contribution in [0.15, 0.2) is 42.5 Å². The lowest BCUT2D eigenvalue weighted by atomic mass is 10.1. The van der Waals surface area contributed by atoms with Gasteiger partial charge in [0.25, 0.3) is 5.91 Å². The summed E-state index contributed by atoms with van der Waals surface area (Å²) in [6.45, 7) is 4.32. The molecule has 0 unspecified atom stereocenters. The fourth-order valence-corrected chi connectivity index (χ4v) is 2.16. The van der Waals surface area contributed by atoms with Crippen LogP contribution in [0.3, 0.4) is 0 Å². The Kier molecular flexibility index (Phi) is 4.55. The first-order valence-electron chi connectivity index (χ1n) is 6.72. The molecule has 0 spiro atoms. The summed E-state index contributed by atoms with van der Waals surface area (Å²) in [5.41, 5.74) is 4.35. The number of nitrogens with zero attached hydrogens (tertiary/aromatic N) is 1. The number of amides is 1. The highest BCUT2D eigenvalue weighted by Crippen LogP contribution is 2.23. The molecule has 0 heterocycles. The highest BCUT2D eigenvalue weighted by atomic mass is 19.1. The number of carbonyl (C=O) groups is 1. The monoisotopic (exact) mass is 287 g/mol. The van der Waals surface area contributed by atoms with Crippen LogP contribution in [0, 0.1) is 12.7 Å². The number of nitrogens with one attached hydrogen (secondary N) is 1. The lowest BCUT2D eigenvalue weighted by molar-refractivity contribution is 0.0988. The fraction of sp³-hybridized carbons (Fsp3) is 0.188. The minimum Gasteiger partial charge on any atom is -0.321 e. The molecule has 0 aliphatic rings. The van der Waals surface area contributed by atoms with Crippen LogP contribution in [0.4, 0.5) is 15.8 Å². The summed E-state index contributed by atoms with van der Waals surface area (Å²) in [5, 5.41) is 0. The Morgan fingerprint density at radius 1 is 1.24 bits per heavy atom. The maximum atomic E-state index is 13.7. The fourth-order valence-electron chi connectivity index (χ4n) is 2.16. The Morgan fingerprint density at radius 3 is 2.48 bits per heavy atom. The third-order valence-electron chi connectivity index (χ3n) is 3.30. The van der Waals surface area contributed by atoms with Gasteiger partial charge in [0, 0.05) is 12.2 Å². The molecule has 0 fully saturated rings. The second kappa shape index (κ2) is 6.37. The lowest BCUT2D eigenvalue weighted by Gasteiger charge is -2.22. The zero-order valence-electron chi connectivity index (χ0n) is 12.1. The first kappa shape index (κ1) is 15.0. The van der Waals surface area contributed by atoms with E-state index in [1.807, 2.05) is 38.1 Å². The van der Waals surface area contributed by atoms with Crippen molar-refractivity contribution in [3.63, 3.8) is 0 Å². The average Bonchev–Trinajstić information content (AvgIpc) is 2.49. The van der Waals surface area contributed by atoms with Crippen LogP contribution in [0.2, 0.25) is 0 Å². The van der Waals surface area contributed by atoms with Gasteiger partial charge in [-0.3, -0.25) is 10.6 Å². The summed E-state index contributed by atoms with van der Waals surface area (Å²) in [5.74, 6) is 4.48. The molecule has 1 amide bonds. The maximum absolute atomic E-state index is 13.7. The molecule has 2 aromatic carbocycles. The molecule has 0 aromatic heterocycles. The van der Waals surface area contributed by atoms with Crippen LogP contribution in [0.5, 0.6) is 0 Å². The van der Waals surface area contributed by atoms with Gasteiger partial charge in [-0.1, -0.05) is 23.8 Å². The van der Waals surface area contributed by atoms with E-state index in [0.29, 0.717) is 6.54 Å². The van der Waals surface area contributed by atoms with Crippen molar-refractivity contribution in [1.29, 1.82) is 0 Å². The van der Waals surface area contributed by atoms with Gasteiger partial charge in [-0.2, -0.15) is 0 Å². The molecule has 3 N–H and O–H groups in total. The SMILES string of the molecule is CCN(C(=O)c1cccc(F)c1NN)c1ccc(C)cc1. The van der Waals surface area contributed by atoms with E-state index >= 15 is 0 Å². The van der Waals surface area contributed by atoms with E-state index in [9.17, 15) is 9.18 Å². The Hall–Kier alpha value is -2.40. The normalized spacial score (nSPS) is 10.3. The highest BCUT2D eigenvalue weighted by molar-refractivity contribution is 6.09. The molecule has 21 heavy (non-hydrogen) atoms. The Morgan fingerprint density at radius 2 is 1.90 bits per heavy atom. The summed E-state index contributed by atoms with van der Waals surface area (Å²) < 4.78 is 13.7. The van der Waals surface area contributed by atoms with Gasteiger partial charge in [0.2, 0.25) is 0 Å². The molecule has 0 bridgehead atoms. The zero-order chi connectivity index (χ0) is 15.4. The molecule has 0 aliphatic heterocycles. The number of nitrogens with two attached hydrogens (primary N) is 1. The van der Waals surface area contributed by atoms with Gasteiger partial charge in [-0.25, -0.2) is 4.39 Å². The molecule has 0 radical (unpaired) electrons. The molecule has 0 atom stereocenters. The zero-order valence-corrected chi connectivity index (χ0v) is 12.1. The van der Waals surface area contributed by atoms with Crippen LogP contribution in [0.25, 0.3) is 0 Å². The maximum Gasteiger partial charge on any atom is 0.260 e. The smallest absolute Gasteiger partial charge is 0.260 e. The molecule has 0 saturated heterocycles. The number of anilines is 2. The minimum atomic E-state index is -0.552. The van der Waals surface area contributed by atoms with Gasteiger partial charge in [-0.05, 0) is 38.1 Å². The summed E-state index contributed by atoms with van der Waals surface area (Å²) in [7, 11) is 0. The summed E-state index contributed by atoms with van der Waals surface area (Å²) in [6, 6.07) is 11.9. The predicted octanol–water partition coefficient (Wildman–Crippen LogP) is 3.09.